The van der Waals surface area contributed by atoms with Gasteiger partial charge < -0.3 is 19.5 Å². The largest absolute Gasteiger partial charge is 0.493 e. The highest BCUT2D eigenvalue weighted by Gasteiger charge is 2.07. The molecule has 7 heteroatoms. The summed E-state index contributed by atoms with van der Waals surface area (Å²) in [6.45, 7) is 7.82. The molecule has 0 spiro atoms. The molecule has 0 saturated carbocycles. The van der Waals surface area contributed by atoms with Crippen molar-refractivity contribution in [1.82, 2.24) is 0 Å². The van der Waals surface area contributed by atoms with Crippen LogP contribution in [0.4, 0.5) is 10.1 Å². The number of anilines is 1. The van der Waals surface area contributed by atoms with Crippen molar-refractivity contribution >= 4 is 24.1 Å². The van der Waals surface area contributed by atoms with E-state index in [1.165, 1.54) is 6.07 Å². The SMILES string of the molecule is CC(S)Nc1ccc(OCCCOCCCOCC(=O)C(C)C)cc1F. The van der Waals surface area contributed by atoms with Gasteiger partial charge in [0.05, 0.1) is 17.7 Å². The van der Waals surface area contributed by atoms with Crippen molar-refractivity contribution in [2.75, 3.05) is 38.4 Å². The maximum atomic E-state index is 13.8. The molecule has 5 nitrogen and oxygen atoms in total. The van der Waals surface area contributed by atoms with Crippen molar-refractivity contribution in [3.63, 3.8) is 0 Å². The molecule has 0 saturated heterocycles. The Morgan fingerprint density at radius 2 is 1.77 bits per heavy atom. The smallest absolute Gasteiger partial charge is 0.160 e. The fourth-order valence-corrected chi connectivity index (χ4v) is 2.12. The Balaban J connectivity index is 2.04. The maximum absolute atomic E-state index is 13.8. The highest BCUT2D eigenvalue weighted by atomic mass is 32.1. The summed E-state index contributed by atoms with van der Waals surface area (Å²) in [5.41, 5.74) is 0.403. The summed E-state index contributed by atoms with van der Waals surface area (Å²) in [7, 11) is 0. The van der Waals surface area contributed by atoms with Crippen LogP contribution in [-0.4, -0.2) is 44.2 Å². The van der Waals surface area contributed by atoms with Gasteiger partial charge in [-0.05, 0) is 25.5 Å². The predicted octanol–water partition coefficient (Wildman–Crippen LogP) is 3.93. The average molecular weight is 388 g/mol. The van der Waals surface area contributed by atoms with Crippen LogP contribution in [0, 0.1) is 11.7 Å². The highest BCUT2D eigenvalue weighted by molar-refractivity contribution is 7.81. The summed E-state index contributed by atoms with van der Waals surface area (Å²) in [5.74, 6) is 0.251. The van der Waals surface area contributed by atoms with Crippen LogP contribution < -0.4 is 10.1 Å². The number of halogens is 1. The summed E-state index contributed by atoms with van der Waals surface area (Å²) in [6.07, 6.45) is 1.46. The number of thiol groups is 1. The van der Waals surface area contributed by atoms with Crippen LogP contribution in [0.25, 0.3) is 0 Å². The molecule has 1 rings (SSSR count). The molecular formula is C19H30FNO4S. The standard InChI is InChI=1S/C19H30FNO4S/c1-14(2)19(22)13-24-10-4-8-23-9-5-11-25-16-6-7-18(17(20)12-16)21-15(3)26/h6-7,12,14-15,21,26H,4-5,8-11,13H2,1-3H3. The van der Waals surface area contributed by atoms with Crippen LogP contribution in [0.3, 0.4) is 0 Å². The van der Waals surface area contributed by atoms with E-state index in [1.54, 1.807) is 12.1 Å². The van der Waals surface area contributed by atoms with Crippen molar-refractivity contribution in [3.8, 4) is 5.75 Å². The molecule has 148 valence electrons. The van der Waals surface area contributed by atoms with Gasteiger partial charge in [0, 0.05) is 38.2 Å². The molecule has 0 aliphatic rings. The van der Waals surface area contributed by atoms with Crippen LogP contribution in [0.5, 0.6) is 5.75 Å². The number of Topliss-reactive ketones (excluding diaryl/α,β-unsaturated/α-hetero) is 1. The first-order valence-electron chi connectivity index (χ1n) is 8.95. The van der Waals surface area contributed by atoms with Gasteiger partial charge in [0.25, 0.3) is 0 Å². The molecule has 26 heavy (non-hydrogen) atoms. The zero-order chi connectivity index (χ0) is 19.4. The third-order valence-electron chi connectivity index (χ3n) is 3.47. The Morgan fingerprint density at radius 3 is 2.38 bits per heavy atom. The van der Waals surface area contributed by atoms with E-state index in [-0.39, 0.29) is 29.5 Å². The first kappa shape index (κ1) is 22.7. The van der Waals surface area contributed by atoms with Crippen molar-refractivity contribution in [3.05, 3.63) is 24.0 Å². The lowest BCUT2D eigenvalue weighted by Gasteiger charge is -2.12. The molecule has 1 aromatic rings. The fraction of sp³-hybridized carbons (Fsp3) is 0.632. The third kappa shape index (κ3) is 9.99. The molecule has 1 unspecified atom stereocenters. The van der Waals surface area contributed by atoms with E-state index in [0.29, 0.717) is 44.3 Å². The van der Waals surface area contributed by atoms with Gasteiger partial charge in [0.15, 0.2) is 5.78 Å². The van der Waals surface area contributed by atoms with Crippen LogP contribution in [0.2, 0.25) is 0 Å². The van der Waals surface area contributed by atoms with Gasteiger partial charge >= 0.3 is 0 Å². The summed E-state index contributed by atoms with van der Waals surface area (Å²) < 4.78 is 30.1. The number of carbonyl (C=O) groups is 1. The summed E-state index contributed by atoms with van der Waals surface area (Å²) in [5, 5.41) is 2.77. The number of rotatable bonds is 14. The Kier molecular flexibility index (Phi) is 11.3. The minimum Gasteiger partial charge on any atom is -0.493 e. The fourth-order valence-electron chi connectivity index (χ4n) is 1.98. The van der Waals surface area contributed by atoms with Gasteiger partial charge in [-0.15, -0.1) is 0 Å². The lowest BCUT2D eigenvalue weighted by molar-refractivity contribution is -0.126. The van der Waals surface area contributed by atoms with Crippen molar-refractivity contribution in [1.29, 1.82) is 0 Å². The minimum absolute atomic E-state index is 0.0127. The van der Waals surface area contributed by atoms with E-state index in [1.807, 2.05) is 20.8 Å². The van der Waals surface area contributed by atoms with E-state index >= 15 is 0 Å². The predicted molar refractivity (Wildman–Crippen MR) is 105 cm³/mol. The van der Waals surface area contributed by atoms with E-state index in [9.17, 15) is 9.18 Å². The molecule has 0 bridgehead atoms. The van der Waals surface area contributed by atoms with E-state index in [4.69, 9.17) is 14.2 Å². The second-order valence-electron chi connectivity index (χ2n) is 6.30. The zero-order valence-electron chi connectivity index (χ0n) is 15.8. The van der Waals surface area contributed by atoms with Crippen molar-refractivity contribution in [2.24, 2.45) is 5.92 Å². The number of hydrogen-bond acceptors (Lipinski definition) is 6. The van der Waals surface area contributed by atoms with Gasteiger partial charge in [-0.3, -0.25) is 4.79 Å². The molecule has 1 N–H and O–H groups in total. The van der Waals surface area contributed by atoms with Crippen molar-refractivity contribution in [2.45, 2.75) is 39.0 Å². The molecule has 0 radical (unpaired) electrons. The maximum Gasteiger partial charge on any atom is 0.160 e. The third-order valence-corrected chi connectivity index (χ3v) is 3.60. The Labute approximate surface area is 161 Å². The Bertz CT molecular complexity index is 540. The Morgan fingerprint density at radius 1 is 1.12 bits per heavy atom. The molecule has 0 amide bonds. The van der Waals surface area contributed by atoms with E-state index in [0.717, 1.165) is 6.42 Å². The van der Waals surface area contributed by atoms with Gasteiger partial charge in [-0.25, -0.2) is 4.39 Å². The van der Waals surface area contributed by atoms with Crippen LogP contribution in [0.15, 0.2) is 18.2 Å². The molecule has 0 fully saturated rings. The van der Waals surface area contributed by atoms with Gasteiger partial charge in [-0.1, -0.05) is 13.8 Å². The summed E-state index contributed by atoms with van der Waals surface area (Å²) in [6, 6.07) is 4.71. The molecule has 0 aliphatic heterocycles. The second-order valence-corrected chi connectivity index (χ2v) is 7.08. The quantitative estimate of drug-likeness (QED) is 0.288. The van der Waals surface area contributed by atoms with Crippen molar-refractivity contribution < 1.29 is 23.4 Å². The first-order chi connectivity index (χ1) is 12.4. The topological polar surface area (TPSA) is 56.8 Å². The molecule has 1 aromatic carbocycles. The molecule has 0 heterocycles. The highest BCUT2D eigenvalue weighted by Crippen LogP contribution is 2.21. The first-order valence-corrected chi connectivity index (χ1v) is 9.47. The minimum atomic E-state index is -0.365. The number of benzene rings is 1. The molecule has 0 aromatic heterocycles. The van der Waals surface area contributed by atoms with Crippen LogP contribution in [0.1, 0.15) is 33.6 Å². The lowest BCUT2D eigenvalue weighted by atomic mass is 10.1. The van der Waals surface area contributed by atoms with Crippen LogP contribution in [-0.2, 0) is 14.3 Å². The molecular weight excluding hydrogens is 357 g/mol. The number of carbonyl (C=O) groups excluding carboxylic acids is 1. The normalized spacial score (nSPS) is 12.2. The van der Waals surface area contributed by atoms with E-state index < -0.39 is 0 Å². The monoisotopic (exact) mass is 387 g/mol. The number of hydrogen-bond donors (Lipinski definition) is 2. The summed E-state index contributed by atoms with van der Waals surface area (Å²) in [4.78, 5) is 11.4. The summed E-state index contributed by atoms with van der Waals surface area (Å²) >= 11 is 4.17. The number of ether oxygens (including phenoxy) is 3. The second kappa shape index (κ2) is 12.9. The van der Waals surface area contributed by atoms with E-state index in [2.05, 4.69) is 17.9 Å². The number of ketones is 1. The van der Waals surface area contributed by atoms with Crippen LogP contribution >= 0.6 is 12.6 Å². The molecule has 1 atom stereocenters. The number of nitrogens with one attached hydrogen (secondary N) is 1. The Hall–Kier alpha value is -1.31. The lowest BCUT2D eigenvalue weighted by Crippen LogP contribution is -2.15. The van der Waals surface area contributed by atoms with Gasteiger partial charge in [-0.2, -0.15) is 12.6 Å². The zero-order valence-corrected chi connectivity index (χ0v) is 16.7. The van der Waals surface area contributed by atoms with Gasteiger partial charge in [0.2, 0.25) is 0 Å². The molecule has 0 aliphatic carbocycles. The average Bonchev–Trinajstić information content (AvgIpc) is 2.58. The van der Waals surface area contributed by atoms with Gasteiger partial charge in [0.1, 0.15) is 18.2 Å².